The lowest BCUT2D eigenvalue weighted by Crippen LogP contribution is -2.08. The highest BCUT2D eigenvalue weighted by molar-refractivity contribution is 6.45. The Morgan fingerprint density at radius 2 is 1.65 bits per heavy atom. The highest BCUT2D eigenvalue weighted by atomic mass is 14.8. The van der Waals surface area contributed by atoms with Crippen molar-refractivity contribution in [3.63, 3.8) is 0 Å². The molecule has 0 bridgehead atoms. The van der Waals surface area contributed by atoms with Crippen LogP contribution in [0, 0.1) is 5.41 Å². The molecule has 0 fully saturated rings. The number of nitrogens with one attached hydrogen (secondary N) is 1. The first kappa shape index (κ1) is 20.4. The van der Waals surface area contributed by atoms with Crippen LogP contribution in [-0.4, -0.2) is 11.4 Å². The van der Waals surface area contributed by atoms with Crippen molar-refractivity contribution in [2.45, 2.75) is 41.0 Å². The molecule has 1 N–H and O–H groups in total. The van der Waals surface area contributed by atoms with Gasteiger partial charge in [0.05, 0.1) is 17.1 Å². The molecule has 0 unspecified atom stereocenters. The average molecular weight is 272 g/mol. The second-order valence-electron chi connectivity index (χ2n) is 3.35. The Labute approximate surface area is 124 Å². The minimum Gasteiger partial charge on any atom is -0.303 e. The molecule has 0 spiro atoms. The van der Waals surface area contributed by atoms with Crippen LogP contribution in [0.2, 0.25) is 0 Å². The lowest BCUT2D eigenvalue weighted by Gasteiger charge is -2.03. The summed E-state index contributed by atoms with van der Waals surface area (Å²) < 4.78 is 0. The average Bonchev–Trinajstić information content (AvgIpc) is 2.56. The summed E-state index contributed by atoms with van der Waals surface area (Å²) in [5.41, 5.74) is 2.70. The second kappa shape index (κ2) is 13.5. The predicted molar refractivity (Wildman–Crippen MR) is 93.8 cm³/mol. The van der Waals surface area contributed by atoms with E-state index in [9.17, 15) is 0 Å². The standard InChI is InChI=1S/C14H16N2.2C2H6/c1-4-13(15)14(5-2)16-11(3)12-9-7-6-8-10-12;2*1-2/h5-10,15H,2-4H2,1H3;2*1-2H3. The van der Waals surface area contributed by atoms with E-state index in [-0.39, 0.29) is 0 Å². The summed E-state index contributed by atoms with van der Waals surface area (Å²) >= 11 is 0. The Kier molecular flexibility index (Phi) is 13.7. The van der Waals surface area contributed by atoms with E-state index in [1.807, 2.05) is 65.0 Å². The van der Waals surface area contributed by atoms with E-state index in [2.05, 4.69) is 18.2 Å². The van der Waals surface area contributed by atoms with Crippen molar-refractivity contribution in [3.8, 4) is 0 Å². The normalized spacial score (nSPS) is 9.35. The molecule has 0 aromatic heterocycles. The van der Waals surface area contributed by atoms with Crippen LogP contribution < -0.4 is 0 Å². The Morgan fingerprint density at radius 1 is 1.15 bits per heavy atom. The third-order valence-corrected chi connectivity index (χ3v) is 2.22. The Bertz CT molecular complexity index is 428. The van der Waals surface area contributed by atoms with Crippen LogP contribution in [0.15, 0.2) is 54.6 Å². The first-order valence-corrected chi connectivity index (χ1v) is 7.22. The maximum atomic E-state index is 7.71. The molecule has 20 heavy (non-hydrogen) atoms. The lowest BCUT2D eigenvalue weighted by atomic mass is 10.1. The first-order chi connectivity index (χ1) is 9.69. The minimum absolute atomic E-state index is 0.479. The molecule has 0 heterocycles. The summed E-state index contributed by atoms with van der Waals surface area (Å²) in [5, 5.41) is 7.71. The van der Waals surface area contributed by atoms with Crippen LogP contribution in [0.1, 0.15) is 46.6 Å². The maximum Gasteiger partial charge on any atom is 0.0838 e. The summed E-state index contributed by atoms with van der Waals surface area (Å²) in [7, 11) is 0. The number of aliphatic imine (C=N–C) groups is 1. The van der Waals surface area contributed by atoms with Gasteiger partial charge in [0.25, 0.3) is 0 Å². The molecule has 1 aromatic carbocycles. The van der Waals surface area contributed by atoms with Gasteiger partial charge in [-0.1, -0.05) is 78.1 Å². The van der Waals surface area contributed by atoms with Crippen LogP contribution in [0.4, 0.5) is 0 Å². The zero-order valence-electron chi connectivity index (χ0n) is 13.5. The summed E-state index contributed by atoms with van der Waals surface area (Å²) in [6, 6.07) is 9.72. The highest BCUT2D eigenvalue weighted by Crippen LogP contribution is 2.13. The van der Waals surface area contributed by atoms with Crippen LogP contribution in [0.3, 0.4) is 0 Å². The van der Waals surface area contributed by atoms with Gasteiger partial charge in [-0.3, -0.25) is 0 Å². The van der Waals surface area contributed by atoms with Crippen LogP contribution >= 0.6 is 0 Å². The summed E-state index contributed by atoms with van der Waals surface area (Å²) in [6.45, 7) is 17.5. The van der Waals surface area contributed by atoms with Crippen LogP contribution in [-0.2, 0) is 0 Å². The Hall–Kier alpha value is -1.96. The third-order valence-electron chi connectivity index (χ3n) is 2.22. The lowest BCUT2D eigenvalue weighted by molar-refractivity contribution is 1.27. The van der Waals surface area contributed by atoms with E-state index in [4.69, 9.17) is 5.41 Å². The molecule has 0 aliphatic carbocycles. The highest BCUT2D eigenvalue weighted by Gasteiger charge is 2.02. The van der Waals surface area contributed by atoms with Gasteiger partial charge in [0.15, 0.2) is 0 Å². The van der Waals surface area contributed by atoms with Gasteiger partial charge >= 0.3 is 0 Å². The van der Waals surface area contributed by atoms with E-state index in [1.54, 1.807) is 6.08 Å². The van der Waals surface area contributed by atoms with Crippen molar-refractivity contribution < 1.29 is 0 Å². The molecule has 0 saturated heterocycles. The molecule has 0 aliphatic rings. The number of benzene rings is 1. The minimum atomic E-state index is 0.479. The van der Waals surface area contributed by atoms with Crippen LogP contribution in [0.5, 0.6) is 0 Å². The molecule has 0 atom stereocenters. The number of hydrogen-bond acceptors (Lipinski definition) is 2. The summed E-state index contributed by atoms with van der Waals surface area (Å²) in [4.78, 5) is 4.32. The van der Waals surface area contributed by atoms with Gasteiger partial charge in [-0.2, -0.15) is 0 Å². The summed E-state index contributed by atoms with van der Waals surface area (Å²) in [5.74, 6) is 0. The maximum absolute atomic E-state index is 7.71. The molecule has 110 valence electrons. The molecule has 0 radical (unpaired) electrons. The number of allylic oxidation sites excluding steroid dienone is 1. The molecule has 2 heteroatoms. The van der Waals surface area contributed by atoms with Crippen molar-refractivity contribution in [2.75, 3.05) is 0 Å². The van der Waals surface area contributed by atoms with Gasteiger partial charge in [0, 0.05) is 0 Å². The SMILES string of the molecule is C=CC(=NC(=C)c1ccccc1)C(=N)CC.CC.CC. The molecule has 0 aliphatic heterocycles. The molecular weight excluding hydrogens is 244 g/mol. The monoisotopic (exact) mass is 272 g/mol. The third kappa shape index (κ3) is 7.47. The van der Waals surface area contributed by atoms with Gasteiger partial charge < -0.3 is 5.41 Å². The molecule has 0 saturated carbocycles. The van der Waals surface area contributed by atoms with Gasteiger partial charge in [-0.25, -0.2) is 4.99 Å². The van der Waals surface area contributed by atoms with E-state index < -0.39 is 0 Å². The summed E-state index contributed by atoms with van der Waals surface area (Å²) in [6.07, 6.45) is 2.24. The predicted octanol–water partition coefficient (Wildman–Crippen LogP) is 5.77. The molecule has 2 nitrogen and oxygen atoms in total. The number of rotatable bonds is 5. The Morgan fingerprint density at radius 3 is 2.05 bits per heavy atom. The second-order valence-corrected chi connectivity index (χ2v) is 3.35. The van der Waals surface area contributed by atoms with Crippen molar-refractivity contribution in [1.29, 1.82) is 5.41 Å². The van der Waals surface area contributed by atoms with E-state index in [1.165, 1.54) is 0 Å². The number of nitrogens with zero attached hydrogens (tertiary/aromatic N) is 1. The fourth-order valence-corrected chi connectivity index (χ4v) is 1.26. The van der Waals surface area contributed by atoms with Crippen molar-refractivity contribution in [1.82, 2.24) is 0 Å². The zero-order chi connectivity index (χ0) is 16.0. The van der Waals surface area contributed by atoms with Crippen LogP contribution in [0.25, 0.3) is 5.70 Å². The van der Waals surface area contributed by atoms with Gasteiger partial charge in [0.2, 0.25) is 0 Å². The van der Waals surface area contributed by atoms with E-state index in [0.29, 0.717) is 23.5 Å². The quantitative estimate of drug-likeness (QED) is 0.661. The van der Waals surface area contributed by atoms with Gasteiger partial charge in [-0.05, 0) is 18.1 Å². The molecular formula is C18H28N2. The van der Waals surface area contributed by atoms with Crippen molar-refractivity contribution in [3.05, 3.63) is 55.1 Å². The van der Waals surface area contributed by atoms with E-state index >= 15 is 0 Å². The van der Waals surface area contributed by atoms with Gasteiger partial charge in [0.1, 0.15) is 0 Å². The molecule has 1 rings (SSSR count). The molecule has 0 amide bonds. The smallest absolute Gasteiger partial charge is 0.0838 e. The fraction of sp³-hybridized carbons (Fsp3) is 0.333. The number of hydrogen-bond donors (Lipinski definition) is 1. The molecule has 1 aromatic rings. The van der Waals surface area contributed by atoms with Crippen molar-refractivity contribution >= 4 is 17.1 Å². The zero-order valence-corrected chi connectivity index (χ0v) is 13.5. The topological polar surface area (TPSA) is 36.2 Å². The Balaban J connectivity index is 0. The fourth-order valence-electron chi connectivity index (χ4n) is 1.26. The first-order valence-electron chi connectivity index (χ1n) is 7.22. The largest absolute Gasteiger partial charge is 0.303 e. The van der Waals surface area contributed by atoms with Crippen molar-refractivity contribution in [2.24, 2.45) is 4.99 Å². The van der Waals surface area contributed by atoms with Gasteiger partial charge in [-0.15, -0.1) is 0 Å². The van der Waals surface area contributed by atoms with E-state index in [0.717, 1.165) is 5.56 Å².